The highest BCUT2D eigenvalue weighted by atomic mass is 15.1. The van der Waals surface area contributed by atoms with Gasteiger partial charge in [-0.1, -0.05) is 64.1 Å². The van der Waals surface area contributed by atoms with Gasteiger partial charge in [0.1, 0.15) is 0 Å². The van der Waals surface area contributed by atoms with E-state index in [1.165, 1.54) is 6.19 Å². The molecule has 0 aromatic heterocycles. The maximum absolute atomic E-state index is 7.64. The van der Waals surface area contributed by atoms with Crippen LogP contribution in [-0.2, 0) is 0 Å². The van der Waals surface area contributed by atoms with Crippen LogP contribution in [-0.4, -0.2) is 17.9 Å². The summed E-state index contributed by atoms with van der Waals surface area (Å²) < 4.78 is 0. The van der Waals surface area contributed by atoms with Crippen LogP contribution in [0.25, 0.3) is 0 Å². The van der Waals surface area contributed by atoms with Gasteiger partial charge in [-0.2, -0.15) is 10.3 Å². The third-order valence-corrected chi connectivity index (χ3v) is 2.22. The van der Waals surface area contributed by atoms with Crippen molar-refractivity contribution < 1.29 is 0 Å². The molecule has 0 amide bonds. The molecule has 10 nitrogen and oxygen atoms in total. The van der Waals surface area contributed by atoms with Crippen LogP contribution in [0.2, 0.25) is 0 Å². The van der Waals surface area contributed by atoms with E-state index in [1.807, 2.05) is 76.2 Å². The summed E-state index contributed by atoms with van der Waals surface area (Å²) in [6.07, 6.45) is 1.41. The number of aliphatic imine (C=N–C) groups is 3. The van der Waals surface area contributed by atoms with Gasteiger partial charge in [0.25, 0.3) is 0 Å². The van der Waals surface area contributed by atoms with Gasteiger partial charge in [0, 0.05) is 5.69 Å². The van der Waals surface area contributed by atoms with Crippen molar-refractivity contribution in [1.82, 2.24) is 0 Å². The van der Waals surface area contributed by atoms with Gasteiger partial charge in [-0.15, -0.1) is 4.99 Å². The SMILES string of the molecule is CC.CC.N#CN=C(N)N.NC(N)=NC(N)=Nc1ccccc1.Nc1ccccc1. The lowest BCUT2D eigenvalue weighted by Gasteiger charge is -1.94. The van der Waals surface area contributed by atoms with E-state index in [9.17, 15) is 0 Å². The number of hydrogen-bond donors (Lipinski definition) is 6. The average Bonchev–Trinajstić information content (AvgIpc) is 2.72. The lowest BCUT2D eigenvalue weighted by atomic mass is 10.3. The van der Waals surface area contributed by atoms with Crippen LogP contribution in [0, 0.1) is 11.5 Å². The van der Waals surface area contributed by atoms with Gasteiger partial charge in [-0.3, -0.25) is 0 Å². The lowest BCUT2D eigenvalue weighted by Crippen LogP contribution is -2.26. The molecule has 0 heterocycles. The Morgan fingerprint density at radius 1 is 0.733 bits per heavy atom. The molecule has 0 bridgehead atoms. The Morgan fingerprint density at radius 2 is 1.17 bits per heavy atom. The van der Waals surface area contributed by atoms with Crippen LogP contribution in [0.5, 0.6) is 0 Å². The van der Waals surface area contributed by atoms with Gasteiger partial charge < -0.3 is 34.4 Å². The highest BCUT2D eigenvalue weighted by Gasteiger charge is 1.90. The van der Waals surface area contributed by atoms with Crippen molar-refractivity contribution in [3.63, 3.8) is 0 Å². The van der Waals surface area contributed by atoms with Crippen molar-refractivity contribution in [3.05, 3.63) is 60.7 Å². The predicted molar refractivity (Wildman–Crippen MR) is 129 cm³/mol. The summed E-state index contributed by atoms with van der Waals surface area (Å²) in [7, 11) is 0. The molecule has 164 valence electrons. The number of nitrogens with two attached hydrogens (primary N) is 6. The quantitative estimate of drug-likeness (QED) is 0.176. The second-order valence-corrected chi connectivity index (χ2v) is 4.39. The molecule has 12 N–H and O–H groups in total. The van der Waals surface area contributed by atoms with E-state index in [4.69, 9.17) is 39.7 Å². The first kappa shape index (κ1) is 30.5. The number of guanidine groups is 3. The van der Waals surface area contributed by atoms with Crippen LogP contribution in [0.1, 0.15) is 27.7 Å². The van der Waals surface area contributed by atoms with Gasteiger partial charge in [0.2, 0.25) is 18.1 Å². The molecule has 2 aromatic rings. The Bertz CT molecular complexity index is 755. The summed E-state index contributed by atoms with van der Waals surface area (Å²) in [5, 5.41) is 7.64. The second kappa shape index (κ2) is 22.8. The smallest absolute Gasteiger partial charge is 0.223 e. The first-order valence-corrected chi connectivity index (χ1v) is 9.12. The summed E-state index contributed by atoms with van der Waals surface area (Å²) in [6.45, 7) is 8.00. The van der Waals surface area contributed by atoms with E-state index in [0.717, 1.165) is 5.69 Å². The molecule has 0 spiro atoms. The summed E-state index contributed by atoms with van der Waals surface area (Å²) >= 11 is 0. The van der Waals surface area contributed by atoms with E-state index in [1.54, 1.807) is 12.1 Å². The largest absolute Gasteiger partial charge is 0.399 e. The Kier molecular flexibility index (Phi) is 23.1. The molecule has 2 rings (SSSR count). The van der Waals surface area contributed by atoms with Gasteiger partial charge in [-0.25, -0.2) is 4.99 Å². The molecule has 0 atom stereocenters. The summed E-state index contributed by atoms with van der Waals surface area (Å²) in [5.74, 6) is -0.249. The lowest BCUT2D eigenvalue weighted by molar-refractivity contribution is 1.38. The van der Waals surface area contributed by atoms with Gasteiger partial charge in [0.15, 0.2) is 5.96 Å². The summed E-state index contributed by atoms with van der Waals surface area (Å²) in [5.41, 5.74) is 31.9. The molecular formula is C20H34N10. The number of hydrogen-bond acceptors (Lipinski definition) is 4. The summed E-state index contributed by atoms with van der Waals surface area (Å²) in [6, 6.07) is 18.7. The molecule has 0 radical (unpaired) electrons. The minimum atomic E-state index is -0.197. The zero-order valence-electron chi connectivity index (χ0n) is 18.0. The zero-order chi connectivity index (χ0) is 23.8. The number of nitrogen functional groups attached to an aromatic ring is 1. The number of rotatable bonds is 1. The maximum Gasteiger partial charge on any atom is 0.223 e. The van der Waals surface area contributed by atoms with Crippen molar-refractivity contribution in [2.45, 2.75) is 27.7 Å². The number of anilines is 1. The summed E-state index contributed by atoms with van der Waals surface area (Å²) in [4.78, 5) is 10.4. The molecule has 30 heavy (non-hydrogen) atoms. The van der Waals surface area contributed by atoms with Crippen molar-refractivity contribution in [1.29, 1.82) is 5.26 Å². The van der Waals surface area contributed by atoms with E-state index in [2.05, 4.69) is 15.0 Å². The fraction of sp³-hybridized carbons (Fsp3) is 0.200. The first-order valence-electron chi connectivity index (χ1n) is 9.12. The predicted octanol–water partition coefficient (Wildman–Crippen LogP) is 1.97. The Morgan fingerprint density at radius 3 is 1.43 bits per heavy atom. The number of benzene rings is 2. The molecule has 0 fully saturated rings. The van der Waals surface area contributed by atoms with Gasteiger partial charge in [-0.05, 0) is 24.3 Å². The Balaban J connectivity index is -0.000000364. The minimum absolute atomic E-state index is 0.0474. The standard InChI is InChI=1S/C8H11N5.C6H7N.C2H4N4.2C2H6/c9-7(10)13-8(11)12-6-4-2-1-3-5-6;7-6-4-2-1-3-5-6;3-1-6-2(4)5;2*1-2/h1-5H,(H6,9,10,11,12,13);1-5H,7H2;(H4,4,5,6);2*1-2H3. The molecule has 0 saturated carbocycles. The van der Waals surface area contributed by atoms with Crippen LogP contribution in [0.3, 0.4) is 0 Å². The van der Waals surface area contributed by atoms with Crippen LogP contribution in [0.15, 0.2) is 75.6 Å². The fourth-order valence-corrected chi connectivity index (χ4v) is 1.30. The normalized spacial score (nSPS) is 8.30. The molecule has 0 saturated heterocycles. The molecule has 0 aliphatic carbocycles. The monoisotopic (exact) mass is 414 g/mol. The first-order chi connectivity index (χ1) is 14.3. The highest BCUT2D eigenvalue weighted by molar-refractivity contribution is 5.93. The Hall–Kier alpha value is -4.26. The van der Waals surface area contributed by atoms with E-state index in [-0.39, 0.29) is 17.9 Å². The molecule has 0 unspecified atom stereocenters. The van der Waals surface area contributed by atoms with Crippen LogP contribution >= 0.6 is 0 Å². The third kappa shape index (κ3) is 23.7. The molecule has 0 aliphatic rings. The van der Waals surface area contributed by atoms with Crippen molar-refractivity contribution in [3.8, 4) is 6.19 Å². The van der Waals surface area contributed by atoms with Crippen molar-refractivity contribution in [2.75, 3.05) is 5.73 Å². The number of para-hydroxylation sites is 2. The van der Waals surface area contributed by atoms with E-state index >= 15 is 0 Å². The average molecular weight is 415 g/mol. The van der Waals surface area contributed by atoms with Crippen molar-refractivity contribution in [2.24, 2.45) is 43.6 Å². The second-order valence-electron chi connectivity index (χ2n) is 4.39. The molecular weight excluding hydrogens is 380 g/mol. The molecule has 10 heteroatoms. The fourth-order valence-electron chi connectivity index (χ4n) is 1.30. The van der Waals surface area contributed by atoms with Crippen LogP contribution in [0.4, 0.5) is 11.4 Å². The highest BCUT2D eigenvalue weighted by Crippen LogP contribution is 2.08. The van der Waals surface area contributed by atoms with E-state index in [0.29, 0.717) is 5.69 Å². The zero-order valence-corrected chi connectivity index (χ0v) is 18.0. The van der Waals surface area contributed by atoms with Gasteiger partial charge >= 0.3 is 0 Å². The third-order valence-electron chi connectivity index (χ3n) is 2.22. The number of nitriles is 1. The number of nitrogens with zero attached hydrogens (tertiary/aromatic N) is 4. The maximum atomic E-state index is 7.64. The van der Waals surface area contributed by atoms with Gasteiger partial charge in [0.05, 0.1) is 5.69 Å². The van der Waals surface area contributed by atoms with E-state index < -0.39 is 0 Å². The van der Waals surface area contributed by atoms with Crippen molar-refractivity contribution >= 4 is 29.3 Å². The Labute approximate surface area is 179 Å². The molecule has 2 aromatic carbocycles. The van der Waals surface area contributed by atoms with Crippen LogP contribution < -0.4 is 34.4 Å². The minimum Gasteiger partial charge on any atom is -0.399 e. The topological polar surface area (TPSA) is 217 Å². The molecule has 0 aliphatic heterocycles.